The van der Waals surface area contributed by atoms with Gasteiger partial charge in [-0.1, -0.05) is 0 Å². The number of rotatable bonds is 4. The fraction of sp³-hybridized carbons (Fsp3) is 0.350. The lowest BCUT2D eigenvalue weighted by Crippen LogP contribution is -2.04. The van der Waals surface area contributed by atoms with Gasteiger partial charge in [-0.15, -0.1) is 12.4 Å². The zero-order valence-electron chi connectivity index (χ0n) is 14.7. The fourth-order valence-corrected chi connectivity index (χ4v) is 3.47. The molecule has 3 nitrogen and oxygen atoms in total. The highest BCUT2D eigenvalue weighted by Crippen LogP contribution is 2.42. The Morgan fingerprint density at radius 2 is 1.84 bits per heavy atom. The molecule has 0 atom stereocenters. The first-order valence-electron chi connectivity index (χ1n) is 8.40. The zero-order chi connectivity index (χ0) is 16.8. The van der Waals surface area contributed by atoms with Gasteiger partial charge in [-0.05, 0) is 69.0 Å². The van der Waals surface area contributed by atoms with Gasteiger partial charge in [0.2, 0.25) is 0 Å². The van der Waals surface area contributed by atoms with E-state index in [4.69, 9.17) is 4.74 Å². The number of ether oxygens (including phenoxy) is 1. The standard InChI is InChI=1S/C20H21FN2O.ClH/c1-12-10-22-18(11-24-17-8-4-15(21)5-9-17)20-19(12)13(2)14(3)23(20)16-6-7-16;/h4-5,8-10,16H,6-7,11H2,1-3H3;1H. The molecule has 2 heterocycles. The highest BCUT2D eigenvalue weighted by atomic mass is 35.5. The normalized spacial score (nSPS) is 13.8. The molecule has 132 valence electrons. The molecular weight excluding hydrogens is 339 g/mol. The molecule has 3 aromatic rings. The molecule has 0 spiro atoms. The summed E-state index contributed by atoms with van der Waals surface area (Å²) < 4.78 is 21.3. The molecule has 4 rings (SSSR count). The number of nitrogens with zero attached hydrogens (tertiary/aromatic N) is 2. The maximum atomic E-state index is 13.0. The molecule has 0 radical (unpaired) electrons. The molecule has 1 aromatic carbocycles. The number of halogens is 2. The molecule has 0 aliphatic heterocycles. The molecular formula is C20H22ClFN2O. The number of hydrogen-bond acceptors (Lipinski definition) is 2. The van der Waals surface area contributed by atoms with Crippen LogP contribution in [0.2, 0.25) is 0 Å². The molecule has 0 bridgehead atoms. The van der Waals surface area contributed by atoms with Gasteiger partial charge in [0.05, 0.1) is 5.52 Å². The molecule has 0 N–H and O–H groups in total. The summed E-state index contributed by atoms with van der Waals surface area (Å²) in [6, 6.07) is 6.71. The molecule has 1 saturated carbocycles. The van der Waals surface area contributed by atoms with Crippen LogP contribution in [-0.4, -0.2) is 9.55 Å². The zero-order valence-corrected chi connectivity index (χ0v) is 15.5. The van der Waals surface area contributed by atoms with Crippen LogP contribution >= 0.6 is 12.4 Å². The summed E-state index contributed by atoms with van der Waals surface area (Å²) in [5.41, 5.74) is 6.01. The van der Waals surface area contributed by atoms with Gasteiger partial charge in [-0.2, -0.15) is 0 Å². The third-order valence-electron chi connectivity index (χ3n) is 4.94. The van der Waals surface area contributed by atoms with Crippen molar-refractivity contribution in [2.75, 3.05) is 0 Å². The van der Waals surface area contributed by atoms with E-state index in [1.807, 2.05) is 6.20 Å². The summed E-state index contributed by atoms with van der Waals surface area (Å²) in [6.45, 7) is 6.88. The van der Waals surface area contributed by atoms with Crippen LogP contribution in [0.3, 0.4) is 0 Å². The van der Waals surface area contributed by atoms with Crippen LogP contribution in [0.4, 0.5) is 4.39 Å². The van der Waals surface area contributed by atoms with Crippen molar-refractivity contribution in [2.45, 2.75) is 46.3 Å². The highest BCUT2D eigenvalue weighted by Gasteiger charge is 2.29. The SMILES string of the molecule is Cc1cnc(COc2ccc(F)cc2)c2c1c(C)c(C)n2C1CC1.Cl. The van der Waals surface area contributed by atoms with Crippen LogP contribution in [0.1, 0.15) is 41.4 Å². The molecule has 1 aliphatic rings. The van der Waals surface area contributed by atoms with Crippen molar-refractivity contribution in [3.63, 3.8) is 0 Å². The van der Waals surface area contributed by atoms with E-state index in [1.54, 1.807) is 12.1 Å². The molecule has 5 heteroatoms. The van der Waals surface area contributed by atoms with Gasteiger partial charge in [0.1, 0.15) is 23.9 Å². The molecule has 1 aliphatic carbocycles. The average Bonchev–Trinajstić information content (AvgIpc) is 3.36. The van der Waals surface area contributed by atoms with E-state index in [1.165, 1.54) is 52.7 Å². The predicted octanol–water partition coefficient (Wildman–Crippen LogP) is 5.44. The monoisotopic (exact) mass is 360 g/mol. The van der Waals surface area contributed by atoms with E-state index >= 15 is 0 Å². The van der Waals surface area contributed by atoms with Crippen molar-refractivity contribution in [3.8, 4) is 5.75 Å². The van der Waals surface area contributed by atoms with Crippen molar-refractivity contribution in [1.29, 1.82) is 0 Å². The highest BCUT2D eigenvalue weighted by molar-refractivity contribution is 5.90. The number of fused-ring (bicyclic) bond motifs is 1. The van der Waals surface area contributed by atoms with Crippen molar-refractivity contribution >= 4 is 23.3 Å². The number of aryl methyl sites for hydroxylation is 2. The van der Waals surface area contributed by atoms with Gasteiger partial charge in [0.15, 0.2) is 0 Å². The van der Waals surface area contributed by atoms with E-state index in [2.05, 4.69) is 30.3 Å². The Bertz CT molecular complexity index is 914. The number of pyridine rings is 1. The van der Waals surface area contributed by atoms with Crippen LogP contribution in [-0.2, 0) is 6.61 Å². The summed E-state index contributed by atoms with van der Waals surface area (Å²) in [6.07, 6.45) is 4.39. The largest absolute Gasteiger partial charge is 0.487 e. The van der Waals surface area contributed by atoms with E-state index < -0.39 is 0 Å². The summed E-state index contributed by atoms with van der Waals surface area (Å²) in [7, 11) is 0. The van der Waals surface area contributed by atoms with E-state index in [0.29, 0.717) is 18.4 Å². The predicted molar refractivity (Wildman–Crippen MR) is 100 cm³/mol. The lowest BCUT2D eigenvalue weighted by Gasteiger charge is -2.12. The van der Waals surface area contributed by atoms with Crippen molar-refractivity contribution < 1.29 is 9.13 Å². The van der Waals surface area contributed by atoms with E-state index in [-0.39, 0.29) is 18.2 Å². The topological polar surface area (TPSA) is 27.1 Å². The van der Waals surface area contributed by atoms with E-state index in [0.717, 1.165) is 5.69 Å². The fourth-order valence-electron chi connectivity index (χ4n) is 3.47. The van der Waals surface area contributed by atoms with Gasteiger partial charge < -0.3 is 9.30 Å². The minimum atomic E-state index is -0.257. The summed E-state index contributed by atoms with van der Waals surface area (Å²) in [5.74, 6) is 0.400. The van der Waals surface area contributed by atoms with Gasteiger partial charge in [-0.25, -0.2) is 4.39 Å². The van der Waals surface area contributed by atoms with Gasteiger partial charge in [0.25, 0.3) is 0 Å². The summed E-state index contributed by atoms with van der Waals surface area (Å²) >= 11 is 0. The first kappa shape index (κ1) is 17.7. The molecule has 0 saturated heterocycles. The Morgan fingerprint density at radius 1 is 1.16 bits per heavy atom. The average molecular weight is 361 g/mol. The first-order chi connectivity index (χ1) is 11.6. The van der Waals surface area contributed by atoms with Crippen molar-refractivity contribution in [1.82, 2.24) is 9.55 Å². The van der Waals surface area contributed by atoms with Crippen LogP contribution < -0.4 is 4.74 Å². The lowest BCUT2D eigenvalue weighted by atomic mass is 10.1. The minimum Gasteiger partial charge on any atom is -0.487 e. The quantitative estimate of drug-likeness (QED) is 0.619. The lowest BCUT2D eigenvalue weighted by molar-refractivity contribution is 0.302. The van der Waals surface area contributed by atoms with Gasteiger partial charge in [-0.3, -0.25) is 4.98 Å². The van der Waals surface area contributed by atoms with Crippen LogP contribution in [0.5, 0.6) is 5.75 Å². The van der Waals surface area contributed by atoms with Crippen molar-refractivity contribution in [2.24, 2.45) is 0 Å². The van der Waals surface area contributed by atoms with Crippen LogP contribution in [0, 0.1) is 26.6 Å². The number of hydrogen-bond donors (Lipinski definition) is 0. The van der Waals surface area contributed by atoms with Gasteiger partial charge in [0, 0.05) is 23.3 Å². The molecule has 1 fully saturated rings. The second-order valence-corrected chi connectivity index (χ2v) is 6.67. The Kier molecular flexibility index (Phi) is 4.74. The summed E-state index contributed by atoms with van der Waals surface area (Å²) in [4.78, 5) is 4.64. The Hall–Kier alpha value is -2.07. The summed E-state index contributed by atoms with van der Waals surface area (Å²) in [5, 5.41) is 1.30. The van der Waals surface area contributed by atoms with Crippen LogP contribution in [0.15, 0.2) is 30.5 Å². The number of aromatic nitrogens is 2. The third kappa shape index (κ3) is 3.11. The van der Waals surface area contributed by atoms with Gasteiger partial charge >= 0.3 is 0 Å². The van der Waals surface area contributed by atoms with Crippen LogP contribution in [0.25, 0.3) is 10.9 Å². The van der Waals surface area contributed by atoms with Crippen molar-refractivity contribution in [3.05, 3.63) is 58.8 Å². The number of benzene rings is 1. The second kappa shape index (κ2) is 6.68. The Labute approximate surface area is 153 Å². The molecule has 25 heavy (non-hydrogen) atoms. The Balaban J connectivity index is 0.00000182. The smallest absolute Gasteiger partial charge is 0.132 e. The van der Waals surface area contributed by atoms with E-state index in [9.17, 15) is 4.39 Å². The first-order valence-corrected chi connectivity index (χ1v) is 8.40. The maximum Gasteiger partial charge on any atom is 0.132 e. The molecule has 0 unspecified atom stereocenters. The maximum absolute atomic E-state index is 13.0. The second-order valence-electron chi connectivity index (χ2n) is 6.67. The third-order valence-corrected chi connectivity index (χ3v) is 4.94. The Morgan fingerprint density at radius 3 is 2.48 bits per heavy atom. The molecule has 0 amide bonds. The minimum absolute atomic E-state index is 0. The molecule has 2 aromatic heterocycles.